The summed E-state index contributed by atoms with van der Waals surface area (Å²) in [6.07, 6.45) is 3.48. The number of halogens is 2. The molecule has 0 saturated carbocycles. The van der Waals surface area contributed by atoms with Crippen LogP contribution in [0.15, 0.2) is 18.2 Å². The van der Waals surface area contributed by atoms with Gasteiger partial charge in [0.05, 0.1) is 0 Å². The summed E-state index contributed by atoms with van der Waals surface area (Å²) in [7, 11) is 0. The molecule has 0 amide bonds. The van der Waals surface area contributed by atoms with Gasteiger partial charge in [0.1, 0.15) is 11.6 Å². The molecule has 0 fully saturated rings. The van der Waals surface area contributed by atoms with Gasteiger partial charge in [-0.3, -0.25) is 0 Å². The number of hydrogen-bond acceptors (Lipinski definition) is 1. The molecule has 1 atom stereocenters. The minimum atomic E-state index is -0.527. The molecule has 1 unspecified atom stereocenters. The molecule has 0 saturated heterocycles. The van der Waals surface area contributed by atoms with E-state index in [2.05, 4.69) is 26.1 Å². The van der Waals surface area contributed by atoms with E-state index in [4.69, 9.17) is 0 Å². The topological polar surface area (TPSA) is 12.0 Å². The van der Waals surface area contributed by atoms with Gasteiger partial charge in [0.25, 0.3) is 0 Å². The van der Waals surface area contributed by atoms with Crippen LogP contribution in [0, 0.1) is 17.6 Å². The van der Waals surface area contributed by atoms with Gasteiger partial charge in [-0.25, -0.2) is 8.78 Å². The third-order valence-corrected chi connectivity index (χ3v) is 3.07. The Labute approximate surface area is 109 Å². The number of benzene rings is 1. The fraction of sp³-hybridized carbons (Fsp3) is 0.600. The van der Waals surface area contributed by atoms with Gasteiger partial charge in [0, 0.05) is 24.2 Å². The van der Waals surface area contributed by atoms with Gasteiger partial charge < -0.3 is 5.32 Å². The predicted octanol–water partition coefficient (Wildman–Crippen LogP) is 4.27. The Morgan fingerprint density at radius 2 is 1.83 bits per heavy atom. The Balaban J connectivity index is 2.31. The minimum Gasteiger partial charge on any atom is -0.310 e. The first kappa shape index (κ1) is 15.1. The van der Waals surface area contributed by atoms with Crippen molar-refractivity contribution in [2.45, 2.75) is 52.6 Å². The molecule has 1 aromatic rings. The first-order chi connectivity index (χ1) is 8.49. The van der Waals surface area contributed by atoms with Gasteiger partial charge in [0.2, 0.25) is 0 Å². The second-order valence-corrected chi connectivity index (χ2v) is 5.34. The van der Waals surface area contributed by atoms with Crippen molar-refractivity contribution in [3.8, 4) is 0 Å². The summed E-state index contributed by atoms with van der Waals surface area (Å²) in [5.74, 6) is -0.273. The van der Waals surface area contributed by atoms with Crippen molar-refractivity contribution in [1.29, 1.82) is 0 Å². The lowest BCUT2D eigenvalue weighted by Crippen LogP contribution is -2.25. The summed E-state index contributed by atoms with van der Waals surface area (Å²) in [4.78, 5) is 0. The maximum atomic E-state index is 13.4. The number of nitrogens with one attached hydrogen (secondary N) is 1. The highest BCUT2D eigenvalue weighted by atomic mass is 19.1. The standard InChI is InChI=1S/C15H23F2N/c1-11(2)5-4-6-12(3)18-10-13-7-8-14(16)9-15(13)17/h7-9,11-12,18H,4-6,10H2,1-3H3. The molecule has 1 N–H and O–H groups in total. The average molecular weight is 255 g/mol. The normalized spacial score (nSPS) is 13.0. The zero-order valence-corrected chi connectivity index (χ0v) is 11.5. The molecule has 0 spiro atoms. The van der Waals surface area contributed by atoms with E-state index in [1.54, 1.807) is 0 Å². The molecule has 0 heterocycles. The lowest BCUT2D eigenvalue weighted by atomic mass is 10.0. The zero-order chi connectivity index (χ0) is 13.5. The van der Waals surface area contributed by atoms with Gasteiger partial charge in [-0.2, -0.15) is 0 Å². The van der Waals surface area contributed by atoms with Crippen molar-refractivity contribution in [3.05, 3.63) is 35.4 Å². The van der Waals surface area contributed by atoms with Gasteiger partial charge in [-0.1, -0.05) is 32.8 Å². The third-order valence-electron chi connectivity index (χ3n) is 3.07. The summed E-state index contributed by atoms with van der Waals surface area (Å²) in [6.45, 7) is 6.98. The average Bonchev–Trinajstić information content (AvgIpc) is 2.27. The van der Waals surface area contributed by atoms with Gasteiger partial charge in [0.15, 0.2) is 0 Å². The van der Waals surface area contributed by atoms with E-state index in [9.17, 15) is 8.78 Å². The van der Waals surface area contributed by atoms with Gasteiger partial charge in [-0.15, -0.1) is 0 Å². The maximum absolute atomic E-state index is 13.4. The van der Waals surface area contributed by atoms with E-state index in [-0.39, 0.29) is 0 Å². The van der Waals surface area contributed by atoms with E-state index in [0.29, 0.717) is 18.2 Å². The molecule has 0 radical (unpaired) electrons. The van der Waals surface area contributed by atoms with Crippen LogP contribution in [0.4, 0.5) is 8.78 Å². The molecular formula is C15H23F2N. The Morgan fingerprint density at radius 1 is 1.11 bits per heavy atom. The Kier molecular flexibility index (Phi) is 6.27. The van der Waals surface area contributed by atoms with Crippen LogP contribution >= 0.6 is 0 Å². The SMILES string of the molecule is CC(C)CCCC(C)NCc1ccc(F)cc1F. The van der Waals surface area contributed by atoms with Crippen molar-refractivity contribution in [2.24, 2.45) is 5.92 Å². The fourth-order valence-electron chi connectivity index (χ4n) is 1.88. The molecule has 1 aromatic carbocycles. The van der Waals surface area contributed by atoms with E-state index in [1.807, 2.05) is 0 Å². The number of hydrogen-bond donors (Lipinski definition) is 1. The molecule has 0 aliphatic carbocycles. The van der Waals surface area contributed by atoms with Crippen LogP contribution in [0.5, 0.6) is 0 Å². The highest BCUT2D eigenvalue weighted by Crippen LogP contribution is 2.11. The third kappa shape index (κ3) is 5.58. The molecule has 1 nitrogen and oxygen atoms in total. The quantitative estimate of drug-likeness (QED) is 0.767. The minimum absolute atomic E-state index is 0.355. The Bertz CT molecular complexity index is 364. The van der Waals surface area contributed by atoms with Crippen molar-refractivity contribution < 1.29 is 8.78 Å². The van der Waals surface area contributed by atoms with Crippen molar-refractivity contribution >= 4 is 0 Å². The second kappa shape index (κ2) is 7.47. The first-order valence-electron chi connectivity index (χ1n) is 6.66. The van der Waals surface area contributed by atoms with Crippen molar-refractivity contribution in [1.82, 2.24) is 5.32 Å². The lowest BCUT2D eigenvalue weighted by Gasteiger charge is -2.14. The van der Waals surface area contributed by atoms with Crippen molar-refractivity contribution in [3.63, 3.8) is 0 Å². The Hall–Kier alpha value is -0.960. The molecular weight excluding hydrogens is 232 g/mol. The molecule has 1 rings (SSSR count). The lowest BCUT2D eigenvalue weighted by molar-refractivity contribution is 0.452. The monoisotopic (exact) mass is 255 g/mol. The number of rotatable bonds is 7. The maximum Gasteiger partial charge on any atom is 0.130 e. The van der Waals surface area contributed by atoms with E-state index in [0.717, 1.165) is 18.4 Å². The summed E-state index contributed by atoms with van der Waals surface area (Å²) in [5.41, 5.74) is 0.520. The molecule has 3 heteroatoms. The molecule has 0 aliphatic rings. The van der Waals surface area contributed by atoms with Crippen LogP contribution in [0.25, 0.3) is 0 Å². The van der Waals surface area contributed by atoms with Crippen LogP contribution < -0.4 is 5.32 Å². The molecule has 18 heavy (non-hydrogen) atoms. The van der Waals surface area contributed by atoms with Crippen LogP contribution in [0.3, 0.4) is 0 Å². The van der Waals surface area contributed by atoms with E-state index in [1.165, 1.54) is 25.0 Å². The zero-order valence-electron chi connectivity index (χ0n) is 11.5. The summed E-state index contributed by atoms with van der Waals surface area (Å²) < 4.78 is 26.1. The van der Waals surface area contributed by atoms with Crippen LogP contribution in [-0.4, -0.2) is 6.04 Å². The van der Waals surface area contributed by atoms with Crippen LogP contribution in [0.1, 0.15) is 45.6 Å². The molecule has 0 aromatic heterocycles. The van der Waals surface area contributed by atoms with E-state index < -0.39 is 11.6 Å². The smallest absolute Gasteiger partial charge is 0.130 e. The molecule has 0 aliphatic heterocycles. The van der Waals surface area contributed by atoms with E-state index >= 15 is 0 Å². The van der Waals surface area contributed by atoms with Crippen molar-refractivity contribution in [2.75, 3.05) is 0 Å². The van der Waals surface area contributed by atoms with Crippen LogP contribution in [-0.2, 0) is 6.54 Å². The summed E-state index contributed by atoms with van der Waals surface area (Å²) >= 11 is 0. The highest BCUT2D eigenvalue weighted by molar-refractivity contribution is 5.18. The van der Waals surface area contributed by atoms with Crippen LogP contribution in [0.2, 0.25) is 0 Å². The molecule has 0 bridgehead atoms. The molecule has 102 valence electrons. The summed E-state index contributed by atoms with van der Waals surface area (Å²) in [6, 6.07) is 4.08. The Morgan fingerprint density at radius 3 is 2.44 bits per heavy atom. The van der Waals surface area contributed by atoms with Gasteiger partial charge in [-0.05, 0) is 25.3 Å². The fourth-order valence-corrected chi connectivity index (χ4v) is 1.88. The van der Waals surface area contributed by atoms with Gasteiger partial charge >= 0.3 is 0 Å². The summed E-state index contributed by atoms with van der Waals surface area (Å²) in [5, 5.41) is 3.27. The highest BCUT2D eigenvalue weighted by Gasteiger charge is 2.06. The first-order valence-corrected chi connectivity index (χ1v) is 6.66. The largest absolute Gasteiger partial charge is 0.310 e. The second-order valence-electron chi connectivity index (χ2n) is 5.34. The predicted molar refractivity (Wildman–Crippen MR) is 71.3 cm³/mol.